The van der Waals surface area contributed by atoms with Crippen molar-refractivity contribution in [3.8, 4) is 5.75 Å². The molecule has 4 rings (SSSR count). The molecule has 0 aliphatic carbocycles. The number of hydrogen-bond acceptors (Lipinski definition) is 5. The largest absolute Gasteiger partial charge is 0.492 e. The molecule has 0 bridgehead atoms. The van der Waals surface area contributed by atoms with Gasteiger partial charge in [-0.15, -0.1) is 0 Å². The van der Waals surface area contributed by atoms with Crippen LogP contribution in [0, 0.1) is 5.92 Å². The molecule has 0 N–H and O–H groups in total. The number of imidazole rings is 1. The summed E-state index contributed by atoms with van der Waals surface area (Å²) in [6.45, 7) is 2.44. The number of nitrogens with zero attached hydrogens (tertiary/aromatic N) is 4. The van der Waals surface area contributed by atoms with Gasteiger partial charge in [-0.2, -0.15) is 0 Å². The molecule has 0 saturated heterocycles. The standard InChI is InChI=1S/C19H20N4O3/c24-19(7-17-4-2-6-25-17)22-10-15(11-23-14-21-8-16(23)12-22)13-26-18-3-1-5-20-9-18/h1-6,8-9,14-15H,7,10-13H2. The minimum absolute atomic E-state index is 0.0426. The second-order valence-electron chi connectivity index (χ2n) is 6.43. The van der Waals surface area contributed by atoms with E-state index in [-0.39, 0.29) is 18.2 Å². The van der Waals surface area contributed by atoms with Crippen molar-refractivity contribution in [2.45, 2.75) is 19.5 Å². The van der Waals surface area contributed by atoms with Gasteiger partial charge in [0.05, 0.1) is 44.1 Å². The fourth-order valence-electron chi connectivity index (χ4n) is 3.17. The lowest BCUT2D eigenvalue weighted by atomic mass is 10.1. The van der Waals surface area contributed by atoms with Gasteiger partial charge < -0.3 is 18.6 Å². The number of hydrogen-bond donors (Lipinski definition) is 0. The van der Waals surface area contributed by atoms with E-state index in [1.807, 2.05) is 35.6 Å². The van der Waals surface area contributed by atoms with E-state index in [1.165, 1.54) is 0 Å². The maximum atomic E-state index is 12.8. The molecule has 1 unspecified atom stereocenters. The van der Waals surface area contributed by atoms with Crippen molar-refractivity contribution in [2.24, 2.45) is 5.92 Å². The maximum absolute atomic E-state index is 12.8. The minimum atomic E-state index is 0.0426. The van der Waals surface area contributed by atoms with Gasteiger partial charge in [0, 0.05) is 31.4 Å². The second-order valence-corrected chi connectivity index (χ2v) is 6.43. The van der Waals surface area contributed by atoms with Gasteiger partial charge in [-0.1, -0.05) is 0 Å². The summed E-state index contributed by atoms with van der Waals surface area (Å²) < 4.78 is 13.3. The molecule has 3 aromatic rings. The normalized spacial score (nSPS) is 16.8. The van der Waals surface area contributed by atoms with Crippen LogP contribution in [0.5, 0.6) is 5.75 Å². The van der Waals surface area contributed by atoms with Crippen LogP contribution < -0.4 is 4.74 Å². The van der Waals surface area contributed by atoms with E-state index in [2.05, 4.69) is 14.5 Å². The lowest BCUT2D eigenvalue weighted by Gasteiger charge is -2.24. The fourth-order valence-corrected chi connectivity index (χ4v) is 3.17. The van der Waals surface area contributed by atoms with E-state index in [9.17, 15) is 4.79 Å². The fraction of sp³-hybridized carbons (Fsp3) is 0.316. The predicted molar refractivity (Wildman–Crippen MR) is 93.3 cm³/mol. The van der Waals surface area contributed by atoms with Gasteiger partial charge >= 0.3 is 0 Å². The Hall–Kier alpha value is -3.09. The smallest absolute Gasteiger partial charge is 0.230 e. The van der Waals surface area contributed by atoms with E-state index < -0.39 is 0 Å². The Labute approximate surface area is 151 Å². The summed E-state index contributed by atoms with van der Waals surface area (Å²) in [5, 5.41) is 0. The molecule has 0 spiro atoms. The molecule has 7 nitrogen and oxygen atoms in total. The first-order valence-electron chi connectivity index (χ1n) is 8.60. The summed E-state index contributed by atoms with van der Waals surface area (Å²) in [5.41, 5.74) is 1.03. The number of carbonyl (C=O) groups excluding carboxylic acids is 1. The molecule has 3 aromatic heterocycles. The topological polar surface area (TPSA) is 73.4 Å². The van der Waals surface area contributed by atoms with Gasteiger partial charge in [0.1, 0.15) is 11.5 Å². The van der Waals surface area contributed by atoms with Crippen molar-refractivity contribution >= 4 is 5.91 Å². The van der Waals surface area contributed by atoms with Crippen LogP contribution in [0.1, 0.15) is 11.5 Å². The third-order valence-electron chi connectivity index (χ3n) is 4.46. The number of ether oxygens (including phenoxy) is 1. The quantitative estimate of drug-likeness (QED) is 0.703. The summed E-state index contributed by atoms with van der Waals surface area (Å²) in [6.07, 6.45) is 8.89. The highest BCUT2D eigenvalue weighted by Crippen LogP contribution is 2.19. The van der Waals surface area contributed by atoms with Crippen molar-refractivity contribution in [3.63, 3.8) is 0 Å². The Morgan fingerprint density at radius 1 is 1.23 bits per heavy atom. The van der Waals surface area contributed by atoms with Gasteiger partial charge in [0.15, 0.2) is 0 Å². The first-order chi connectivity index (χ1) is 12.8. The number of furan rings is 1. The van der Waals surface area contributed by atoms with Crippen LogP contribution in [0.25, 0.3) is 0 Å². The van der Waals surface area contributed by atoms with Gasteiger partial charge in [-0.3, -0.25) is 9.78 Å². The molecule has 0 radical (unpaired) electrons. The number of aromatic nitrogens is 3. The molecular formula is C19H20N4O3. The second kappa shape index (κ2) is 7.43. The van der Waals surface area contributed by atoms with E-state index in [0.29, 0.717) is 25.5 Å². The maximum Gasteiger partial charge on any atom is 0.230 e. The molecule has 134 valence electrons. The molecule has 0 aromatic carbocycles. The average molecular weight is 352 g/mol. The third-order valence-corrected chi connectivity index (χ3v) is 4.46. The van der Waals surface area contributed by atoms with Crippen LogP contribution in [0.2, 0.25) is 0 Å². The lowest BCUT2D eigenvalue weighted by Crippen LogP contribution is -2.36. The van der Waals surface area contributed by atoms with Crippen LogP contribution in [-0.4, -0.2) is 38.5 Å². The van der Waals surface area contributed by atoms with E-state index in [4.69, 9.17) is 9.15 Å². The number of rotatable bonds is 5. The highest BCUT2D eigenvalue weighted by atomic mass is 16.5. The van der Waals surface area contributed by atoms with Crippen LogP contribution >= 0.6 is 0 Å². The highest BCUT2D eigenvalue weighted by molar-refractivity contribution is 5.78. The monoisotopic (exact) mass is 352 g/mol. The molecule has 1 aliphatic rings. The first kappa shape index (κ1) is 16.4. The van der Waals surface area contributed by atoms with E-state index >= 15 is 0 Å². The molecule has 0 fully saturated rings. The third kappa shape index (κ3) is 3.77. The molecule has 7 heteroatoms. The molecule has 26 heavy (non-hydrogen) atoms. The summed E-state index contributed by atoms with van der Waals surface area (Å²) in [4.78, 5) is 22.9. The zero-order valence-electron chi connectivity index (χ0n) is 14.3. The molecule has 0 saturated carbocycles. The summed E-state index contributed by atoms with van der Waals surface area (Å²) in [6, 6.07) is 7.34. The van der Waals surface area contributed by atoms with Crippen molar-refractivity contribution in [3.05, 3.63) is 66.9 Å². The summed E-state index contributed by atoms with van der Waals surface area (Å²) in [5.74, 6) is 1.61. The lowest BCUT2D eigenvalue weighted by molar-refractivity contribution is -0.132. The zero-order valence-corrected chi connectivity index (χ0v) is 14.3. The Balaban J connectivity index is 1.47. The Morgan fingerprint density at radius 3 is 3.00 bits per heavy atom. The Morgan fingerprint density at radius 2 is 2.19 bits per heavy atom. The van der Waals surface area contributed by atoms with Crippen molar-refractivity contribution < 1.29 is 13.9 Å². The number of carbonyl (C=O) groups is 1. The van der Waals surface area contributed by atoms with Crippen LogP contribution in [0.4, 0.5) is 0 Å². The predicted octanol–water partition coefficient (Wildman–Crippen LogP) is 2.15. The molecular weight excluding hydrogens is 332 g/mol. The number of amides is 1. The van der Waals surface area contributed by atoms with Crippen LogP contribution in [0.3, 0.4) is 0 Å². The average Bonchev–Trinajstić information content (AvgIpc) is 3.29. The highest BCUT2D eigenvalue weighted by Gasteiger charge is 2.26. The van der Waals surface area contributed by atoms with Gasteiger partial charge in [-0.25, -0.2) is 4.98 Å². The number of fused-ring (bicyclic) bond motifs is 1. The van der Waals surface area contributed by atoms with Gasteiger partial charge in [0.25, 0.3) is 0 Å². The first-order valence-corrected chi connectivity index (χ1v) is 8.60. The van der Waals surface area contributed by atoms with Gasteiger partial charge in [-0.05, 0) is 24.3 Å². The van der Waals surface area contributed by atoms with Gasteiger partial charge in [0.2, 0.25) is 5.91 Å². The summed E-state index contributed by atoms with van der Waals surface area (Å²) >= 11 is 0. The van der Waals surface area contributed by atoms with Crippen LogP contribution in [0.15, 0.2) is 59.9 Å². The Bertz CT molecular complexity index is 845. The SMILES string of the molecule is O=C(Cc1ccco1)N1Cc2cncn2CC(COc2cccnc2)C1. The number of pyridine rings is 1. The summed E-state index contributed by atoms with van der Waals surface area (Å²) in [7, 11) is 0. The molecule has 1 aliphatic heterocycles. The minimum Gasteiger partial charge on any atom is -0.492 e. The Kier molecular flexibility index (Phi) is 4.68. The molecule has 1 atom stereocenters. The molecule has 1 amide bonds. The van der Waals surface area contributed by atoms with Crippen molar-refractivity contribution in [1.29, 1.82) is 0 Å². The van der Waals surface area contributed by atoms with Crippen LogP contribution in [-0.2, 0) is 24.3 Å². The van der Waals surface area contributed by atoms with Crippen molar-refractivity contribution in [2.75, 3.05) is 13.2 Å². The van der Waals surface area contributed by atoms with Crippen molar-refractivity contribution in [1.82, 2.24) is 19.4 Å². The molecule has 4 heterocycles. The van der Waals surface area contributed by atoms with E-state index in [0.717, 1.165) is 18.0 Å². The zero-order chi connectivity index (χ0) is 17.8. The van der Waals surface area contributed by atoms with E-state index in [1.54, 1.807) is 24.7 Å².